The van der Waals surface area contributed by atoms with Crippen molar-refractivity contribution in [2.45, 2.75) is 82.4 Å². The summed E-state index contributed by atoms with van der Waals surface area (Å²) >= 11 is 0. The van der Waals surface area contributed by atoms with E-state index in [0.717, 1.165) is 32.2 Å². The number of likely N-dealkylation sites (N-methyl/N-ethyl adjacent to an activating group) is 1. The summed E-state index contributed by atoms with van der Waals surface area (Å²) in [6, 6.07) is 5.11. The van der Waals surface area contributed by atoms with Gasteiger partial charge in [0.05, 0.1) is 19.6 Å². The second kappa shape index (κ2) is 9.04. The van der Waals surface area contributed by atoms with Crippen LogP contribution in [-0.4, -0.2) is 66.3 Å². The number of esters is 1. The van der Waals surface area contributed by atoms with E-state index in [-0.39, 0.29) is 18.8 Å². The van der Waals surface area contributed by atoms with Crippen LogP contribution in [0.25, 0.3) is 0 Å². The lowest BCUT2D eigenvalue weighted by molar-refractivity contribution is -0.959. The van der Waals surface area contributed by atoms with Gasteiger partial charge in [-0.2, -0.15) is 0 Å². The third-order valence-corrected chi connectivity index (χ3v) is 8.06. The van der Waals surface area contributed by atoms with Crippen molar-refractivity contribution in [1.82, 2.24) is 0 Å². The molecule has 0 amide bonds. The topological polar surface area (TPSA) is 108 Å². The van der Waals surface area contributed by atoms with Gasteiger partial charge in [0.2, 0.25) is 6.73 Å². The zero-order valence-corrected chi connectivity index (χ0v) is 20.8. The molecule has 0 spiro atoms. The first kappa shape index (κ1) is 24.8. The fourth-order valence-corrected chi connectivity index (χ4v) is 6.46. The Morgan fingerprint density at radius 1 is 1.24 bits per heavy atom. The normalized spacial score (nSPS) is 31.0. The fraction of sp³-hybridized carbons (Fsp3) is 0.692. The number of hydrogen-bond donors (Lipinski definition) is 2. The highest BCUT2D eigenvalue weighted by Gasteiger charge is 2.59. The van der Waals surface area contributed by atoms with E-state index in [4.69, 9.17) is 19.9 Å². The van der Waals surface area contributed by atoms with Gasteiger partial charge in [-0.3, -0.25) is 9.28 Å². The highest BCUT2D eigenvalue weighted by Crippen LogP contribution is 2.57. The van der Waals surface area contributed by atoms with E-state index in [1.165, 1.54) is 24.0 Å². The number of carbonyl (C=O) groups excluding carboxylic acids is 2. The van der Waals surface area contributed by atoms with Gasteiger partial charge in [-0.15, -0.1) is 0 Å². The van der Waals surface area contributed by atoms with Gasteiger partial charge in [-0.25, -0.2) is 4.79 Å². The summed E-state index contributed by atoms with van der Waals surface area (Å²) in [5.74, 6) is 0.222. The van der Waals surface area contributed by atoms with Crippen LogP contribution in [0.2, 0.25) is 0 Å². The lowest BCUT2D eigenvalue weighted by atomic mass is 9.52. The van der Waals surface area contributed by atoms with Crippen LogP contribution in [0.1, 0.15) is 64.0 Å². The lowest BCUT2D eigenvalue weighted by Gasteiger charge is -2.60. The first-order chi connectivity index (χ1) is 15.9. The fourth-order valence-electron chi connectivity index (χ4n) is 6.46. The number of ether oxygens (including phenoxy) is 3. The summed E-state index contributed by atoms with van der Waals surface area (Å²) in [5.41, 5.74) is 7.88. The van der Waals surface area contributed by atoms with Gasteiger partial charge in [-0.1, -0.05) is 18.9 Å². The number of rotatable bonds is 5. The van der Waals surface area contributed by atoms with E-state index in [0.29, 0.717) is 22.2 Å². The Morgan fingerprint density at radius 3 is 2.74 bits per heavy atom. The number of benzene rings is 1. The maximum Gasteiger partial charge on any atom is 0.512 e. The third-order valence-electron chi connectivity index (χ3n) is 8.06. The maximum atomic E-state index is 12.3. The second-order valence-electron chi connectivity index (χ2n) is 11.5. The summed E-state index contributed by atoms with van der Waals surface area (Å²) < 4.78 is 16.5. The first-order valence-corrected chi connectivity index (χ1v) is 12.4. The molecule has 8 heteroatoms. The number of likely N-dealkylation sites (tertiary alicyclic amines) is 1. The summed E-state index contributed by atoms with van der Waals surface area (Å²) in [6.45, 7) is 6.07. The van der Waals surface area contributed by atoms with Gasteiger partial charge in [0.25, 0.3) is 0 Å². The molecule has 4 rings (SSSR count). The van der Waals surface area contributed by atoms with E-state index < -0.39 is 23.8 Å². The van der Waals surface area contributed by atoms with E-state index in [2.05, 4.69) is 13.1 Å². The Bertz CT molecular complexity index is 944. The zero-order valence-electron chi connectivity index (χ0n) is 20.8. The molecule has 2 bridgehead atoms. The molecule has 1 aromatic rings. The minimum atomic E-state index is -1.05. The van der Waals surface area contributed by atoms with Crippen LogP contribution in [0.3, 0.4) is 0 Å². The number of quaternary nitrogens is 1. The molecule has 2 aliphatic carbocycles. The highest BCUT2D eigenvalue weighted by molar-refractivity contribution is 5.76. The van der Waals surface area contributed by atoms with Gasteiger partial charge in [0.15, 0.2) is 0 Å². The van der Waals surface area contributed by atoms with Gasteiger partial charge in [-0.05, 0) is 56.9 Å². The first-order valence-electron chi connectivity index (χ1n) is 12.4. The minimum Gasteiger partial charge on any atom is -0.508 e. The quantitative estimate of drug-likeness (QED) is 0.496. The summed E-state index contributed by atoms with van der Waals surface area (Å²) in [6.07, 6.45) is 5.81. The van der Waals surface area contributed by atoms with Crippen LogP contribution >= 0.6 is 0 Å². The van der Waals surface area contributed by atoms with Crippen LogP contribution in [-0.2, 0) is 30.8 Å². The molecule has 0 aromatic heterocycles. The van der Waals surface area contributed by atoms with Crippen molar-refractivity contribution in [3.8, 4) is 5.75 Å². The molecule has 8 nitrogen and oxygen atoms in total. The van der Waals surface area contributed by atoms with Gasteiger partial charge in [0.1, 0.15) is 24.0 Å². The van der Waals surface area contributed by atoms with Crippen LogP contribution in [0.15, 0.2) is 18.2 Å². The molecule has 2 fully saturated rings. The Kier molecular flexibility index (Phi) is 6.59. The molecule has 1 heterocycles. The molecule has 0 radical (unpaired) electrons. The van der Waals surface area contributed by atoms with Gasteiger partial charge < -0.3 is 25.1 Å². The third kappa shape index (κ3) is 4.75. The van der Waals surface area contributed by atoms with Crippen molar-refractivity contribution in [3.05, 3.63) is 29.3 Å². The molecule has 1 saturated carbocycles. The number of piperidine rings is 1. The number of phenolic OH excluding ortho intramolecular Hbond substituents is 1. The Balaban J connectivity index is 1.40. The van der Waals surface area contributed by atoms with Crippen LogP contribution < -0.4 is 5.73 Å². The number of nitrogens with two attached hydrogens (primary N) is 1. The van der Waals surface area contributed by atoms with Crippen LogP contribution in [0.5, 0.6) is 5.75 Å². The van der Waals surface area contributed by atoms with Crippen molar-refractivity contribution in [3.63, 3.8) is 0 Å². The number of hydrogen-bond acceptors (Lipinski definition) is 7. The minimum absolute atomic E-state index is 0.105. The highest BCUT2D eigenvalue weighted by atomic mass is 16.7. The van der Waals surface area contributed by atoms with E-state index in [9.17, 15) is 14.7 Å². The maximum absolute atomic E-state index is 12.3. The standard InChI is InChI=1S/C26H38N2O6/c1-25(2,3)34-23(30)21(27)15-32-24(31)33-16-28(4)12-11-26-10-6-5-7-19(26)22(28)13-17-8-9-18(29)14-20(17)26/h8-9,14,19,21-22H,5-7,10-13,15-16,27H2,1-4H3/p+1/t19-,21?,22+,26+,28?/m1/s1. The molecule has 1 aromatic carbocycles. The van der Waals surface area contributed by atoms with E-state index >= 15 is 0 Å². The molecule has 3 aliphatic rings. The molecule has 34 heavy (non-hydrogen) atoms. The van der Waals surface area contributed by atoms with Crippen molar-refractivity contribution in [2.24, 2.45) is 11.7 Å². The average Bonchev–Trinajstić information content (AvgIpc) is 2.78. The van der Waals surface area contributed by atoms with Gasteiger partial charge >= 0.3 is 12.1 Å². The SMILES string of the molecule is CC(C)(C)OC(=O)C(N)COC(=O)OC[N+]1(C)CC[C@@]23CCCC[C@@H]2[C@@H]1Cc1ccc(O)cc13. The number of aromatic hydroxyl groups is 1. The molecular weight excluding hydrogens is 436 g/mol. The number of carbonyl (C=O) groups is 2. The molecule has 2 unspecified atom stereocenters. The van der Waals surface area contributed by atoms with E-state index in [1.807, 2.05) is 6.07 Å². The van der Waals surface area contributed by atoms with E-state index in [1.54, 1.807) is 26.8 Å². The molecular formula is C26H39N2O6+. The second-order valence-corrected chi connectivity index (χ2v) is 11.5. The zero-order chi connectivity index (χ0) is 24.7. The largest absolute Gasteiger partial charge is 0.512 e. The Labute approximate surface area is 201 Å². The smallest absolute Gasteiger partial charge is 0.508 e. The molecule has 5 atom stereocenters. The number of nitrogens with zero attached hydrogens (tertiary/aromatic N) is 1. The molecule has 3 N–H and O–H groups in total. The number of fused-ring (bicyclic) bond motifs is 1. The van der Waals surface area contributed by atoms with Crippen molar-refractivity contribution >= 4 is 12.1 Å². The predicted octanol–water partition coefficient (Wildman–Crippen LogP) is 3.37. The average molecular weight is 476 g/mol. The molecule has 1 aliphatic heterocycles. The Hall–Kier alpha value is -2.32. The summed E-state index contributed by atoms with van der Waals surface area (Å²) in [5, 5.41) is 10.2. The predicted molar refractivity (Wildman–Crippen MR) is 126 cm³/mol. The van der Waals surface area contributed by atoms with Gasteiger partial charge in [0, 0.05) is 24.2 Å². The van der Waals surface area contributed by atoms with Crippen LogP contribution in [0.4, 0.5) is 4.79 Å². The van der Waals surface area contributed by atoms with Crippen molar-refractivity contribution in [2.75, 3.05) is 26.9 Å². The molecule has 188 valence electrons. The monoisotopic (exact) mass is 475 g/mol. The number of phenols is 1. The van der Waals surface area contributed by atoms with Crippen LogP contribution in [0, 0.1) is 5.92 Å². The summed E-state index contributed by atoms with van der Waals surface area (Å²) in [4.78, 5) is 24.3. The lowest BCUT2D eigenvalue weighted by Crippen LogP contribution is -2.69. The Morgan fingerprint density at radius 2 is 2.00 bits per heavy atom. The van der Waals surface area contributed by atoms with Crippen molar-refractivity contribution in [1.29, 1.82) is 0 Å². The summed E-state index contributed by atoms with van der Waals surface area (Å²) in [7, 11) is 2.16. The molecule has 1 saturated heterocycles. The van der Waals surface area contributed by atoms with Crippen molar-refractivity contribution < 1.29 is 33.4 Å².